The van der Waals surface area contributed by atoms with Crippen LogP contribution in [0.25, 0.3) is 0 Å². The molecule has 6 nitrogen and oxygen atoms in total. The molecule has 0 aliphatic carbocycles. The van der Waals surface area contributed by atoms with Gasteiger partial charge < -0.3 is 16.2 Å². The topological polar surface area (TPSA) is 107 Å². The zero-order valence-corrected chi connectivity index (χ0v) is 9.82. The third-order valence-corrected chi connectivity index (χ3v) is 2.19. The van der Waals surface area contributed by atoms with Gasteiger partial charge in [-0.15, -0.1) is 0 Å². The third-order valence-electron chi connectivity index (χ3n) is 1.87. The van der Waals surface area contributed by atoms with Crippen molar-refractivity contribution in [2.45, 2.75) is 13.0 Å². The first-order valence-electron chi connectivity index (χ1n) is 4.72. The fourth-order valence-electron chi connectivity index (χ4n) is 1.08. The van der Waals surface area contributed by atoms with E-state index in [2.05, 4.69) is 0 Å². The lowest BCUT2D eigenvalue weighted by atomic mass is 10.3. The van der Waals surface area contributed by atoms with Crippen molar-refractivity contribution in [3.8, 4) is 5.75 Å². The Bertz CT molecular complexity index is 450. The summed E-state index contributed by atoms with van der Waals surface area (Å²) < 4.78 is 5.26. The van der Waals surface area contributed by atoms with Crippen LogP contribution in [0.1, 0.15) is 6.92 Å². The quantitative estimate of drug-likeness (QED) is 0.699. The summed E-state index contributed by atoms with van der Waals surface area (Å²) in [5.74, 6) is -0.394. The Morgan fingerprint density at radius 1 is 1.47 bits per heavy atom. The lowest BCUT2D eigenvalue weighted by molar-refractivity contribution is -0.126. The standard InChI is InChI=1S/C10H12ClN3O3/c1-5(9(15)14-10(13)16)17-8-4-6(12)2-3-7(8)11/h2-5H,12H2,1H3,(H3,13,14,15,16). The van der Waals surface area contributed by atoms with E-state index in [-0.39, 0.29) is 5.75 Å². The number of amides is 3. The lowest BCUT2D eigenvalue weighted by Crippen LogP contribution is -2.42. The Labute approximate surface area is 103 Å². The summed E-state index contributed by atoms with van der Waals surface area (Å²) in [4.78, 5) is 21.8. The number of nitrogens with two attached hydrogens (primary N) is 2. The van der Waals surface area contributed by atoms with Crippen LogP contribution in [-0.4, -0.2) is 18.0 Å². The van der Waals surface area contributed by atoms with Crippen LogP contribution in [0.3, 0.4) is 0 Å². The van der Waals surface area contributed by atoms with Crippen LogP contribution in [0.4, 0.5) is 10.5 Å². The smallest absolute Gasteiger partial charge is 0.318 e. The molecule has 1 rings (SSSR count). The molecule has 0 radical (unpaired) electrons. The molecule has 7 heteroatoms. The van der Waals surface area contributed by atoms with Crippen molar-refractivity contribution in [1.82, 2.24) is 5.32 Å². The van der Waals surface area contributed by atoms with Gasteiger partial charge in [0.05, 0.1) is 5.02 Å². The van der Waals surface area contributed by atoms with Crippen LogP contribution in [-0.2, 0) is 4.79 Å². The molecule has 17 heavy (non-hydrogen) atoms. The molecule has 1 unspecified atom stereocenters. The highest BCUT2D eigenvalue weighted by atomic mass is 35.5. The number of nitrogens with one attached hydrogen (secondary N) is 1. The minimum absolute atomic E-state index is 0.263. The predicted octanol–water partition coefficient (Wildman–Crippen LogP) is 0.884. The Morgan fingerprint density at radius 2 is 2.12 bits per heavy atom. The fourth-order valence-corrected chi connectivity index (χ4v) is 1.24. The van der Waals surface area contributed by atoms with E-state index < -0.39 is 18.0 Å². The second kappa shape index (κ2) is 5.40. The number of ether oxygens (including phenoxy) is 1. The summed E-state index contributed by atoms with van der Waals surface area (Å²) >= 11 is 5.85. The van der Waals surface area contributed by atoms with Crippen molar-refractivity contribution in [3.63, 3.8) is 0 Å². The number of imide groups is 1. The van der Waals surface area contributed by atoms with Gasteiger partial charge in [-0.25, -0.2) is 4.79 Å². The van der Waals surface area contributed by atoms with Crippen LogP contribution < -0.4 is 21.5 Å². The lowest BCUT2D eigenvalue weighted by Gasteiger charge is -2.14. The number of urea groups is 1. The maximum absolute atomic E-state index is 11.3. The van der Waals surface area contributed by atoms with Crippen LogP contribution in [0.5, 0.6) is 5.75 Å². The van der Waals surface area contributed by atoms with E-state index in [1.807, 2.05) is 5.32 Å². The molecule has 0 heterocycles. The van der Waals surface area contributed by atoms with Gasteiger partial charge in [0.25, 0.3) is 5.91 Å². The molecule has 0 aliphatic heterocycles. The van der Waals surface area contributed by atoms with Gasteiger partial charge in [0.15, 0.2) is 6.10 Å². The number of carbonyl (C=O) groups is 2. The van der Waals surface area contributed by atoms with Gasteiger partial charge in [-0.1, -0.05) is 11.6 Å². The van der Waals surface area contributed by atoms with Gasteiger partial charge in [-0.2, -0.15) is 0 Å². The molecule has 0 spiro atoms. The number of benzene rings is 1. The van der Waals surface area contributed by atoms with Crippen LogP contribution >= 0.6 is 11.6 Å². The highest BCUT2D eigenvalue weighted by molar-refractivity contribution is 6.32. The van der Waals surface area contributed by atoms with E-state index in [9.17, 15) is 9.59 Å². The molecule has 0 saturated carbocycles. The number of halogens is 1. The van der Waals surface area contributed by atoms with Crippen molar-refractivity contribution in [1.29, 1.82) is 0 Å². The average molecular weight is 258 g/mol. The molecule has 92 valence electrons. The van der Waals surface area contributed by atoms with Crippen molar-refractivity contribution < 1.29 is 14.3 Å². The monoisotopic (exact) mass is 257 g/mol. The molecule has 5 N–H and O–H groups in total. The minimum Gasteiger partial charge on any atom is -0.479 e. The largest absolute Gasteiger partial charge is 0.479 e. The van der Waals surface area contributed by atoms with Crippen molar-refractivity contribution in [3.05, 3.63) is 23.2 Å². The molecule has 0 aliphatic rings. The first kappa shape index (κ1) is 13.1. The molecule has 0 aromatic heterocycles. The molecule has 1 aromatic rings. The van der Waals surface area contributed by atoms with Gasteiger partial charge in [0.1, 0.15) is 5.75 Å². The Kier molecular flexibility index (Phi) is 4.17. The number of hydrogen-bond acceptors (Lipinski definition) is 4. The van der Waals surface area contributed by atoms with E-state index in [0.717, 1.165) is 0 Å². The van der Waals surface area contributed by atoms with E-state index in [0.29, 0.717) is 10.7 Å². The maximum Gasteiger partial charge on any atom is 0.318 e. The molecule has 0 saturated heterocycles. The number of nitrogen functional groups attached to an aromatic ring is 1. The average Bonchev–Trinajstić information content (AvgIpc) is 2.22. The van der Waals surface area contributed by atoms with Crippen molar-refractivity contribution >= 4 is 29.2 Å². The summed E-state index contributed by atoms with van der Waals surface area (Å²) in [7, 11) is 0. The minimum atomic E-state index is -0.941. The van der Waals surface area contributed by atoms with Gasteiger partial charge in [0.2, 0.25) is 0 Å². The molecule has 0 bridgehead atoms. The zero-order chi connectivity index (χ0) is 13.0. The summed E-state index contributed by atoms with van der Waals surface area (Å²) in [6, 6.07) is 3.69. The summed E-state index contributed by atoms with van der Waals surface area (Å²) in [6.45, 7) is 1.46. The van der Waals surface area contributed by atoms with E-state index in [4.69, 9.17) is 27.8 Å². The number of rotatable bonds is 3. The van der Waals surface area contributed by atoms with Crippen molar-refractivity contribution in [2.24, 2.45) is 5.73 Å². The molecule has 1 aromatic carbocycles. The zero-order valence-electron chi connectivity index (χ0n) is 9.07. The molecular formula is C10H12ClN3O3. The SMILES string of the molecule is CC(Oc1cc(N)ccc1Cl)C(=O)NC(N)=O. The highest BCUT2D eigenvalue weighted by Gasteiger charge is 2.17. The van der Waals surface area contributed by atoms with E-state index in [1.165, 1.54) is 13.0 Å². The van der Waals surface area contributed by atoms with Gasteiger partial charge in [-0.05, 0) is 19.1 Å². The van der Waals surface area contributed by atoms with Crippen LogP contribution in [0.15, 0.2) is 18.2 Å². The summed E-state index contributed by atoms with van der Waals surface area (Å²) in [5, 5.41) is 2.21. The Balaban J connectivity index is 2.73. The highest BCUT2D eigenvalue weighted by Crippen LogP contribution is 2.27. The first-order valence-corrected chi connectivity index (χ1v) is 5.10. The van der Waals surface area contributed by atoms with E-state index in [1.54, 1.807) is 12.1 Å². The Morgan fingerprint density at radius 3 is 2.71 bits per heavy atom. The number of primary amides is 1. The summed E-state index contributed by atoms with van der Waals surface area (Å²) in [5.41, 5.74) is 10.8. The molecule has 0 fully saturated rings. The van der Waals surface area contributed by atoms with Gasteiger partial charge >= 0.3 is 6.03 Å². The third kappa shape index (κ3) is 3.84. The van der Waals surface area contributed by atoms with Crippen LogP contribution in [0.2, 0.25) is 5.02 Å². The number of carbonyl (C=O) groups excluding carboxylic acids is 2. The second-order valence-corrected chi connectivity index (χ2v) is 3.71. The van der Waals surface area contributed by atoms with E-state index >= 15 is 0 Å². The Hall–Kier alpha value is -1.95. The number of hydrogen-bond donors (Lipinski definition) is 3. The maximum atomic E-state index is 11.3. The molecule has 1 atom stereocenters. The van der Waals surface area contributed by atoms with Gasteiger partial charge in [-0.3, -0.25) is 10.1 Å². The molecular weight excluding hydrogens is 246 g/mol. The molecule has 3 amide bonds. The fraction of sp³-hybridized carbons (Fsp3) is 0.200. The predicted molar refractivity (Wildman–Crippen MR) is 63.7 cm³/mol. The van der Waals surface area contributed by atoms with Crippen molar-refractivity contribution in [2.75, 3.05) is 5.73 Å². The summed E-state index contributed by atoms with van der Waals surface area (Å²) in [6.07, 6.45) is -0.915. The second-order valence-electron chi connectivity index (χ2n) is 3.30. The first-order chi connectivity index (χ1) is 7.90. The number of anilines is 1. The van der Waals surface area contributed by atoms with Gasteiger partial charge in [0, 0.05) is 11.8 Å². The van der Waals surface area contributed by atoms with Crippen LogP contribution in [0, 0.1) is 0 Å². The normalized spacial score (nSPS) is 11.6.